The molecule has 1 aliphatic rings. The minimum Gasteiger partial charge on any atom is -0.323 e. The third kappa shape index (κ3) is 2.83. The van der Waals surface area contributed by atoms with E-state index in [0.29, 0.717) is 5.25 Å². The Kier molecular flexibility index (Phi) is 4.92. The molecule has 1 saturated heterocycles. The van der Waals surface area contributed by atoms with Crippen molar-refractivity contribution in [2.24, 2.45) is 5.73 Å². The van der Waals surface area contributed by atoms with Gasteiger partial charge < -0.3 is 5.73 Å². The highest BCUT2D eigenvalue weighted by Gasteiger charge is 2.33. The number of thioether (sulfide) groups is 2. The van der Waals surface area contributed by atoms with Crippen molar-refractivity contribution < 1.29 is 8.78 Å². The Morgan fingerprint density at radius 2 is 1.89 bits per heavy atom. The van der Waals surface area contributed by atoms with Crippen molar-refractivity contribution in [2.45, 2.75) is 29.9 Å². The van der Waals surface area contributed by atoms with E-state index in [1.807, 2.05) is 11.8 Å². The van der Waals surface area contributed by atoms with Crippen LogP contribution in [0.25, 0.3) is 0 Å². The van der Waals surface area contributed by atoms with Crippen LogP contribution in [-0.2, 0) is 0 Å². The van der Waals surface area contributed by atoms with Gasteiger partial charge in [0, 0.05) is 33.6 Å². The van der Waals surface area contributed by atoms with Crippen molar-refractivity contribution in [1.29, 1.82) is 0 Å². The average Bonchev–Trinajstić information content (AvgIpc) is 2.38. The van der Waals surface area contributed by atoms with Crippen LogP contribution >= 0.6 is 23.5 Å². The molecule has 0 spiro atoms. The first-order valence-corrected chi connectivity index (χ1v) is 8.17. The molecule has 18 heavy (non-hydrogen) atoms. The first-order valence-electron chi connectivity index (χ1n) is 6.07. The van der Waals surface area contributed by atoms with E-state index >= 15 is 0 Å². The molecule has 1 aromatic carbocycles. The lowest BCUT2D eigenvalue weighted by molar-refractivity contribution is 0.511. The maximum Gasteiger partial charge on any atom is 0.130 e. The van der Waals surface area contributed by atoms with Gasteiger partial charge in [-0.1, -0.05) is 13.0 Å². The Labute approximate surface area is 115 Å². The molecule has 100 valence electrons. The van der Waals surface area contributed by atoms with Crippen molar-refractivity contribution in [3.05, 3.63) is 35.4 Å². The summed E-state index contributed by atoms with van der Waals surface area (Å²) < 4.78 is 27.5. The number of benzene rings is 1. The maximum atomic E-state index is 13.8. The minimum atomic E-state index is -0.575. The molecule has 0 bridgehead atoms. The molecule has 1 nitrogen and oxygen atoms in total. The Morgan fingerprint density at radius 3 is 2.50 bits per heavy atom. The Hall–Kier alpha value is -0.260. The van der Waals surface area contributed by atoms with Gasteiger partial charge in [-0.05, 0) is 18.6 Å². The highest BCUT2D eigenvalue weighted by Crippen LogP contribution is 2.40. The molecule has 1 aliphatic heterocycles. The molecular weight excluding hydrogens is 272 g/mol. The molecule has 3 atom stereocenters. The van der Waals surface area contributed by atoms with E-state index in [9.17, 15) is 8.78 Å². The van der Waals surface area contributed by atoms with Crippen LogP contribution in [-0.4, -0.2) is 22.0 Å². The summed E-state index contributed by atoms with van der Waals surface area (Å²) in [6, 6.07) is 3.36. The Bertz CT molecular complexity index is 394. The van der Waals surface area contributed by atoms with Crippen LogP contribution in [0.4, 0.5) is 8.78 Å². The van der Waals surface area contributed by atoms with E-state index in [-0.39, 0.29) is 10.8 Å². The SMILES string of the molecule is CCC1SCCSC1C(N)c1c(F)cccc1F. The van der Waals surface area contributed by atoms with Crippen LogP contribution < -0.4 is 5.73 Å². The van der Waals surface area contributed by atoms with Gasteiger partial charge in [0.05, 0.1) is 0 Å². The fourth-order valence-electron chi connectivity index (χ4n) is 2.26. The molecule has 1 aromatic rings. The maximum absolute atomic E-state index is 13.8. The Morgan fingerprint density at radius 1 is 1.28 bits per heavy atom. The third-order valence-electron chi connectivity index (χ3n) is 3.18. The largest absolute Gasteiger partial charge is 0.323 e. The van der Waals surface area contributed by atoms with Crippen LogP contribution in [0.5, 0.6) is 0 Å². The van der Waals surface area contributed by atoms with Crippen LogP contribution in [0.3, 0.4) is 0 Å². The molecule has 0 amide bonds. The second-order valence-electron chi connectivity index (χ2n) is 4.31. The molecule has 3 unspecified atom stereocenters. The molecule has 1 fully saturated rings. The second kappa shape index (κ2) is 6.26. The van der Waals surface area contributed by atoms with Gasteiger partial charge >= 0.3 is 0 Å². The Balaban J connectivity index is 2.26. The van der Waals surface area contributed by atoms with Crippen molar-refractivity contribution in [2.75, 3.05) is 11.5 Å². The zero-order chi connectivity index (χ0) is 13.1. The summed E-state index contributed by atoms with van der Waals surface area (Å²) in [6.45, 7) is 2.10. The predicted molar refractivity (Wildman–Crippen MR) is 76.1 cm³/mol. The standard InChI is InChI=1S/C13H17F2NS2/c1-2-10-13(18-7-6-17-10)12(16)11-8(14)4-3-5-9(11)15/h3-5,10,12-13H,2,6-7,16H2,1H3. The monoisotopic (exact) mass is 289 g/mol. The topological polar surface area (TPSA) is 26.0 Å². The van der Waals surface area contributed by atoms with Crippen LogP contribution in [0.1, 0.15) is 24.9 Å². The van der Waals surface area contributed by atoms with Gasteiger partial charge in [-0.15, -0.1) is 0 Å². The summed E-state index contributed by atoms with van der Waals surface area (Å²) in [5.74, 6) is 1.02. The zero-order valence-electron chi connectivity index (χ0n) is 10.2. The summed E-state index contributed by atoms with van der Waals surface area (Å²) in [7, 11) is 0. The highest BCUT2D eigenvalue weighted by molar-refractivity contribution is 8.07. The van der Waals surface area contributed by atoms with Crippen LogP contribution in [0.15, 0.2) is 18.2 Å². The molecule has 0 aromatic heterocycles. The van der Waals surface area contributed by atoms with E-state index in [1.54, 1.807) is 11.8 Å². The normalized spacial score (nSPS) is 26.0. The smallest absolute Gasteiger partial charge is 0.130 e. The number of halogens is 2. The van der Waals surface area contributed by atoms with E-state index in [2.05, 4.69) is 6.92 Å². The first-order chi connectivity index (χ1) is 8.65. The van der Waals surface area contributed by atoms with E-state index < -0.39 is 17.7 Å². The molecule has 1 heterocycles. The first kappa shape index (κ1) is 14.2. The number of hydrogen-bond donors (Lipinski definition) is 1. The van der Waals surface area contributed by atoms with Gasteiger partial charge in [0.15, 0.2) is 0 Å². The van der Waals surface area contributed by atoms with Crippen LogP contribution in [0, 0.1) is 11.6 Å². The quantitative estimate of drug-likeness (QED) is 0.921. The lowest BCUT2D eigenvalue weighted by Gasteiger charge is -2.34. The molecular formula is C13H17F2NS2. The van der Waals surface area contributed by atoms with Gasteiger partial charge in [-0.25, -0.2) is 8.78 Å². The number of hydrogen-bond acceptors (Lipinski definition) is 3. The molecule has 2 N–H and O–H groups in total. The second-order valence-corrected chi connectivity index (χ2v) is 6.95. The van der Waals surface area contributed by atoms with Crippen molar-refractivity contribution in [3.8, 4) is 0 Å². The van der Waals surface area contributed by atoms with E-state index in [0.717, 1.165) is 17.9 Å². The number of rotatable bonds is 3. The minimum absolute atomic E-state index is 0.0379. The van der Waals surface area contributed by atoms with E-state index in [1.165, 1.54) is 18.2 Å². The van der Waals surface area contributed by atoms with Gasteiger partial charge in [-0.3, -0.25) is 0 Å². The third-order valence-corrected chi connectivity index (χ3v) is 6.55. The molecule has 0 aliphatic carbocycles. The molecule has 0 radical (unpaired) electrons. The summed E-state index contributed by atoms with van der Waals surface area (Å²) >= 11 is 3.60. The summed E-state index contributed by atoms with van der Waals surface area (Å²) in [4.78, 5) is 0. The summed E-state index contributed by atoms with van der Waals surface area (Å²) in [5, 5.41) is 0.456. The lowest BCUT2D eigenvalue weighted by atomic mass is 10.00. The zero-order valence-corrected chi connectivity index (χ0v) is 11.9. The van der Waals surface area contributed by atoms with Crippen molar-refractivity contribution in [1.82, 2.24) is 0 Å². The summed E-state index contributed by atoms with van der Waals surface area (Å²) in [5.41, 5.74) is 6.16. The molecule has 5 heteroatoms. The predicted octanol–water partition coefficient (Wildman–Crippen LogP) is 3.59. The molecule has 0 saturated carbocycles. The number of nitrogens with two attached hydrogens (primary N) is 1. The van der Waals surface area contributed by atoms with Gasteiger partial charge in [0.1, 0.15) is 11.6 Å². The fraction of sp³-hybridized carbons (Fsp3) is 0.538. The van der Waals surface area contributed by atoms with Crippen molar-refractivity contribution in [3.63, 3.8) is 0 Å². The fourth-order valence-corrected chi connectivity index (χ4v) is 5.43. The lowest BCUT2D eigenvalue weighted by Crippen LogP contribution is -2.36. The van der Waals surface area contributed by atoms with Gasteiger partial charge in [0.2, 0.25) is 0 Å². The average molecular weight is 289 g/mol. The van der Waals surface area contributed by atoms with Crippen molar-refractivity contribution >= 4 is 23.5 Å². The van der Waals surface area contributed by atoms with E-state index in [4.69, 9.17) is 5.73 Å². The molecule has 2 rings (SSSR count). The summed E-state index contributed by atoms with van der Waals surface area (Å²) in [6.07, 6.45) is 0.978. The van der Waals surface area contributed by atoms with Gasteiger partial charge in [0.25, 0.3) is 0 Å². The van der Waals surface area contributed by atoms with Gasteiger partial charge in [-0.2, -0.15) is 23.5 Å². The highest BCUT2D eigenvalue weighted by atomic mass is 32.2. The van der Waals surface area contributed by atoms with Crippen LogP contribution in [0.2, 0.25) is 0 Å².